The molecule has 6 nitrogen and oxygen atoms in total. The predicted molar refractivity (Wildman–Crippen MR) is 80.4 cm³/mol. The van der Waals surface area contributed by atoms with E-state index in [1.165, 1.54) is 24.3 Å². The number of halogens is 1. The van der Waals surface area contributed by atoms with Crippen LogP contribution in [0.1, 0.15) is 49.4 Å². The van der Waals surface area contributed by atoms with E-state index in [0.717, 1.165) is 31.5 Å². The van der Waals surface area contributed by atoms with Crippen molar-refractivity contribution in [3.8, 4) is 0 Å². The van der Waals surface area contributed by atoms with Crippen LogP contribution in [0.5, 0.6) is 0 Å². The second-order valence-corrected chi connectivity index (χ2v) is 6.05. The molecule has 1 N–H and O–H groups in total. The maximum Gasteiger partial charge on any atom is 0.322 e. The number of rotatable bonds is 3. The van der Waals surface area contributed by atoms with Crippen molar-refractivity contribution in [2.45, 2.75) is 37.6 Å². The van der Waals surface area contributed by atoms with Crippen molar-refractivity contribution in [3.05, 3.63) is 41.8 Å². The Bertz CT molecular complexity index is 711. The highest BCUT2D eigenvalue weighted by Gasteiger charge is 2.36. The average molecular weight is 316 g/mol. The van der Waals surface area contributed by atoms with Crippen molar-refractivity contribution in [1.82, 2.24) is 15.0 Å². The summed E-state index contributed by atoms with van der Waals surface area (Å²) < 4.78 is 18.3. The van der Waals surface area contributed by atoms with Gasteiger partial charge in [0.25, 0.3) is 0 Å². The van der Waals surface area contributed by atoms with E-state index < -0.39 is 0 Å². The molecule has 1 aromatic heterocycles. The maximum atomic E-state index is 12.9. The highest BCUT2D eigenvalue weighted by molar-refractivity contribution is 5.89. The summed E-state index contributed by atoms with van der Waals surface area (Å²) in [4.78, 5) is 18.6. The normalized spacial score (nSPS) is 20.7. The Morgan fingerprint density at radius 3 is 2.78 bits per heavy atom. The van der Waals surface area contributed by atoms with E-state index in [9.17, 15) is 9.18 Å². The van der Waals surface area contributed by atoms with Crippen LogP contribution < -0.4 is 5.32 Å². The van der Waals surface area contributed by atoms with Crippen molar-refractivity contribution in [2.24, 2.45) is 0 Å². The first-order valence-electron chi connectivity index (χ1n) is 7.87. The monoisotopic (exact) mass is 316 g/mol. The van der Waals surface area contributed by atoms with Crippen LogP contribution in [0.4, 0.5) is 14.9 Å². The number of hydrogen-bond acceptors (Lipinski definition) is 4. The van der Waals surface area contributed by atoms with E-state index in [4.69, 9.17) is 4.52 Å². The first-order valence-corrected chi connectivity index (χ1v) is 7.87. The quantitative estimate of drug-likeness (QED) is 0.941. The van der Waals surface area contributed by atoms with Crippen molar-refractivity contribution >= 4 is 11.7 Å². The van der Waals surface area contributed by atoms with Gasteiger partial charge in [0.1, 0.15) is 11.9 Å². The molecule has 120 valence electrons. The van der Waals surface area contributed by atoms with Gasteiger partial charge in [0.2, 0.25) is 5.89 Å². The SMILES string of the molecule is O=C(Nc1ccc(F)cc1)N1CCCC1c1nc(C2CC2)no1. The van der Waals surface area contributed by atoms with Gasteiger partial charge in [-0.05, 0) is 49.9 Å². The molecule has 1 aliphatic carbocycles. The number of likely N-dealkylation sites (tertiary alicyclic amines) is 1. The van der Waals surface area contributed by atoms with Crippen molar-refractivity contribution in [2.75, 3.05) is 11.9 Å². The minimum atomic E-state index is -0.333. The van der Waals surface area contributed by atoms with E-state index in [0.29, 0.717) is 24.0 Å². The molecule has 1 aliphatic heterocycles. The van der Waals surface area contributed by atoms with Crippen LogP contribution in [-0.4, -0.2) is 27.6 Å². The summed E-state index contributed by atoms with van der Waals surface area (Å²) in [6.45, 7) is 0.638. The molecule has 1 saturated carbocycles. The molecular weight excluding hydrogens is 299 g/mol. The Kier molecular flexibility index (Phi) is 3.48. The minimum Gasteiger partial charge on any atom is -0.337 e. The molecule has 0 radical (unpaired) electrons. The zero-order valence-corrected chi connectivity index (χ0v) is 12.5. The second-order valence-electron chi connectivity index (χ2n) is 6.05. The fourth-order valence-corrected chi connectivity index (χ4v) is 2.88. The van der Waals surface area contributed by atoms with Gasteiger partial charge in [-0.3, -0.25) is 0 Å². The van der Waals surface area contributed by atoms with Crippen LogP contribution in [0.3, 0.4) is 0 Å². The summed E-state index contributed by atoms with van der Waals surface area (Å²) in [7, 11) is 0. The Balaban J connectivity index is 1.47. The minimum absolute atomic E-state index is 0.185. The van der Waals surface area contributed by atoms with E-state index in [-0.39, 0.29) is 17.9 Å². The number of carbonyl (C=O) groups excluding carboxylic acids is 1. The second kappa shape index (κ2) is 5.64. The molecular formula is C16H17FN4O2. The molecule has 23 heavy (non-hydrogen) atoms. The Hall–Kier alpha value is -2.44. The Morgan fingerprint density at radius 2 is 2.04 bits per heavy atom. The standard InChI is InChI=1S/C16H17FN4O2/c17-11-5-7-12(8-6-11)18-16(22)21-9-1-2-13(21)15-19-14(20-23-15)10-3-4-10/h5-8,10,13H,1-4,9H2,(H,18,22). The smallest absolute Gasteiger partial charge is 0.322 e. The van der Waals surface area contributed by atoms with Gasteiger partial charge < -0.3 is 14.7 Å². The van der Waals surface area contributed by atoms with Crippen LogP contribution in [0.25, 0.3) is 0 Å². The number of nitrogens with one attached hydrogen (secondary N) is 1. The predicted octanol–water partition coefficient (Wildman–Crippen LogP) is 3.46. The fraction of sp³-hybridized carbons (Fsp3) is 0.438. The molecule has 2 aromatic rings. The highest BCUT2D eigenvalue weighted by Crippen LogP contribution is 2.39. The van der Waals surface area contributed by atoms with E-state index in [1.807, 2.05) is 0 Å². The number of carbonyl (C=O) groups is 1. The lowest BCUT2D eigenvalue weighted by Gasteiger charge is -2.22. The van der Waals surface area contributed by atoms with Crippen molar-refractivity contribution < 1.29 is 13.7 Å². The molecule has 2 heterocycles. The molecule has 2 fully saturated rings. The number of aromatic nitrogens is 2. The molecule has 1 aromatic carbocycles. The molecule has 1 unspecified atom stereocenters. The number of amides is 2. The number of urea groups is 1. The van der Waals surface area contributed by atoms with Crippen LogP contribution in [-0.2, 0) is 0 Å². The zero-order valence-electron chi connectivity index (χ0n) is 12.5. The fourth-order valence-electron chi connectivity index (χ4n) is 2.88. The summed E-state index contributed by atoms with van der Waals surface area (Å²) in [5.41, 5.74) is 0.561. The van der Waals surface area contributed by atoms with Gasteiger partial charge >= 0.3 is 6.03 Å². The summed E-state index contributed by atoms with van der Waals surface area (Å²) in [5.74, 6) is 1.36. The lowest BCUT2D eigenvalue weighted by Crippen LogP contribution is -2.34. The molecule has 2 aliphatic rings. The third kappa shape index (κ3) is 2.91. The van der Waals surface area contributed by atoms with Crippen LogP contribution in [0, 0.1) is 5.82 Å². The highest BCUT2D eigenvalue weighted by atomic mass is 19.1. The lowest BCUT2D eigenvalue weighted by atomic mass is 10.2. The first-order chi connectivity index (χ1) is 11.2. The van der Waals surface area contributed by atoms with Crippen LogP contribution >= 0.6 is 0 Å². The largest absolute Gasteiger partial charge is 0.337 e. The van der Waals surface area contributed by atoms with Gasteiger partial charge in [-0.2, -0.15) is 4.98 Å². The van der Waals surface area contributed by atoms with E-state index >= 15 is 0 Å². The summed E-state index contributed by atoms with van der Waals surface area (Å²) in [5, 5.41) is 6.81. The van der Waals surface area contributed by atoms with Gasteiger partial charge in [0.05, 0.1) is 0 Å². The van der Waals surface area contributed by atoms with E-state index in [1.54, 1.807) is 4.90 Å². The molecule has 0 spiro atoms. The first kappa shape index (κ1) is 14.2. The number of anilines is 1. The molecule has 1 saturated heterocycles. The lowest BCUT2D eigenvalue weighted by molar-refractivity contribution is 0.193. The topological polar surface area (TPSA) is 71.3 Å². The number of benzene rings is 1. The number of hydrogen-bond donors (Lipinski definition) is 1. The molecule has 2 amide bonds. The van der Waals surface area contributed by atoms with Gasteiger partial charge in [-0.1, -0.05) is 5.16 Å². The van der Waals surface area contributed by atoms with Gasteiger partial charge in [-0.15, -0.1) is 0 Å². The maximum absolute atomic E-state index is 12.9. The molecule has 1 atom stereocenters. The van der Waals surface area contributed by atoms with Crippen LogP contribution in [0.15, 0.2) is 28.8 Å². The van der Waals surface area contributed by atoms with Crippen molar-refractivity contribution in [3.63, 3.8) is 0 Å². The third-order valence-corrected chi connectivity index (χ3v) is 4.29. The van der Waals surface area contributed by atoms with Gasteiger partial charge in [-0.25, -0.2) is 9.18 Å². The zero-order chi connectivity index (χ0) is 15.8. The van der Waals surface area contributed by atoms with Gasteiger partial charge in [0.15, 0.2) is 5.82 Å². The summed E-state index contributed by atoms with van der Waals surface area (Å²) in [6.07, 6.45) is 3.92. The summed E-state index contributed by atoms with van der Waals surface area (Å²) in [6, 6.07) is 5.29. The Labute approximate surface area is 132 Å². The summed E-state index contributed by atoms with van der Waals surface area (Å²) >= 11 is 0. The Morgan fingerprint density at radius 1 is 1.26 bits per heavy atom. The van der Waals surface area contributed by atoms with Crippen LogP contribution in [0.2, 0.25) is 0 Å². The molecule has 0 bridgehead atoms. The number of nitrogens with zero attached hydrogens (tertiary/aromatic N) is 3. The molecule has 4 rings (SSSR count). The van der Waals surface area contributed by atoms with E-state index in [2.05, 4.69) is 15.5 Å². The molecule has 7 heteroatoms. The van der Waals surface area contributed by atoms with Crippen molar-refractivity contribution in [1.29, 1.82) is 0 Å². The van der Waals surface area contributed by atoms with Gasteiger partial charge in [0, 0.05) is 18.2 Å². The third-order valence-electron chi connectivity index (χ3n) is 4.29. The average Bonchev–Trinajstić information content (AvgIpc) is 3.10.